The lowest BCUT2D eigenvalue weighted by atomic mass is 10.3. The fraction of sp³-hybridized carbons (Fsp3) is 0.0909. The summed E-state index contributed by atoms with van der Waals surface area (Å²) >= 11 is 1.43. The van der Waals surface area contributed by atoms with E-state index < -0.39 is 0 Å². The normalized spacial score (nSPS) is 10.7. The van der Waals surface area contributed by atoms with Gasteiger partial charge in [-0.25, -0.2) is 19.3 Å². The minimum atomic E-state index is -0.339. The first-order valence-electron chi connectivity index (χ1n) is 5.22. The van der Waals surface area contributed by atoms with Gasteiger partial charge >= 0.3 is 0 Å². The van der Waals surface area contributed by atoms with Crippen LogP contribution in [0.4, 0.5) is 10.2 Å². The smallest absolute Gasteiger partial charge is 0.157 e. The van der Waals surface area contributed by atoms with Crippen LogP contribution in [0, 0.1) is 5.82 Å². The number of thiazole rings is 1. The van der Waals surface area contributed by atoms with E-state index in [0.717, 1.165) is 4.83 Å². The summed E-state index contributed by atoms with van der Waals surface area (Å²) in [5, 5.41) is 3.02. The van der Waals surface area contributed by atoms with Crippen molar-refractivity contribution in [2.24, 2.45) is 0 Å². The number of anilines is 1. The lowest BCUT2D eigenvalue weighted by molar-refractivity contribution is 0.602. The first-order chi connectivity index (χ1) is 8.84. The Morgan fingerprint density at radius 2 is 2.17 bits per heavy atom. The molecule has 18 heavy (non-hydrogen) atoms. The molecule has 0 amide bonds. The molecule has 1 N–H and O–H groups in total. The van der Waals surface area contributed by atoms with Gasteiger partial charge < -0.3 is 5.32 Å². The highest BCUT2D eigenvalue weighted by atomic mass is 32.1. The Morgan fingerprint density at radius 1 is 1.22 bits per heavy atom. The van der Waals surface area contributed by atoms with Crippen LogP contribution in [0.3, 0.4) is 0 Å². The van der Waals surface area contributed by atoms with Crippen LogP contribution in [0.25, 0.3) is 10.3 Å². The Morgan fingerprint density at radius 3 is 3.06 bits per heavy atom. The third-order valence-corrected chi connectivity index (χ3v) is 3.13. The van der Waals surface area contributed by atoms with Crippen LogP contribution >= 0.6 is 11.3 Å². The van der Waals surface area contributed by atoms with E-state index in [0.29, 0.717) is 17.0 Å². The standard InChI is InChI=1S/C11H8FN5S/c12-7-2-1-3-13-8(7)4-14-10-9-11(16-5-15-10)18-6-17-9/h1-3,5-6H,4H2,(H,14,15,16). The van der Waals surface area contributed by atoms with Crippen LogP contribution in [0.5, 0.6) is 0 Å². The molecular formula is C11H8FN5S. The van der Waals surface area contributed by atoms with Gasteiger partial charge in [-0.3, -0.25) is 4.98 Å². The van der Waals surface area contributed by atoms with Crippen molar-refractivity contribution in [3.63, 3.8) is 0 Å². The highest BCUT2D eigenvalue weighted by Crippen LogP contribution is 2.20. The van der Waals surface area contributed by atoms with Gasteiger partial charge in [-0.1, -0.05) is 0 Å². The summed E-state index contributed by atoms with van der Waals surface area (Å²) in [6, 6.07) is 2.94. The monoisotopic (exact) mass is 261 g/mol. The molecule has 5 nitrogen and oxygen atoms in total. The van der Waals surface area contributed by atoms with Gasteiger partial charge in [0.1, 0.15) is 22.5 Å². The van der Waals surface area contributed by atoms with Crippen molar-refractivity contribution in [1.82, 2.24) is 19.9 Å². The highest BCUT2D eigenvalue weighted by Gasteiger charge is 2.07. The molecule has 0 spiro atoms. The van der Waals surface area contributed by atoms with Gasteiger partial charge in [-0.05, 0) is 12.1 Å². The maximum atomic E-state index is 13.4. The molecule has 3 aromatic rings. The number of hydrogen-bond donors (Lipinski definition) is 1. The van der Waals surface area contributed by atoms with Crippen LogP contribution in [0.15, 0.2) is 30.2 Å². The third-order valence-electron chi connectivity index (χ3n) is 2.39. The van der Waals surface area contributed by atoms with Crippen LogP contribution in [0.2, 0.25) is 0 Å². The molecule has 0 bridgehead atoms. The largest absolute Gasteiger partial charge is 0.362 e. The summed E-state index contributed by atoms with van der Waals surface area (Å²) in [4.78, 5) is 17.1. The lowest BCUT2D eigenvalue weighted by Crippen LogP contribution is -2.05. The van der Waals surface area contributed by atoms with Crippen molar-refractivity contribution in [3.8, 4) is 0 Å². The molecule has 0 fully saturated rings. The number of nitrogens with one attached hydrogen (secondary N) is 1. The molecule has 0 saturated heterocycles. The molecule has 0 aromatic carbocycles. The second-order valence-corrected chi connectivity index (χ2v) is 4.35. The van der Waals surface area contributed by atoms with Crippen LogP contribution in [-0.2, 0) is 6.54 Å². The minimum absolute atomic E-state index is 0.260. The SMILES string of the molecule is Fc1cccnc1CNc1ncnc2scnc12. The Balaban J connectivity index is 1.85. The zero-order chi connectivity index (χ0) is 12.4. The Labute approximate surface area is 106 Å². The summed E-state index contributed by atoms with van der Waals surface area (Å²) in [5.41, 5.74) is 2.74. The van der Waals surface area contributed by atoms with Crippen molar-refractivity contribution in [2.45, 2.75) is 6.54 Å². The number of pyridine rings is 1. The molecule has 0 atom stereocenters. The molecule has 90 valence electrons. The predicted molar refractivity (Wildman–Crippen MR) is 66.7 cm³/mol. The van der Waals surface area contributed by atoms with E-state index in [1.54, 1.807) is 17.8 Å². The van der Waals surface area contributed by atoms with E-state index in [2.05, 4.69) is 25.3 Å². The summed E-state index contributed by atoms with van der Waals surface area (Å²) in [7, 11) is 0. The van der Waals surface area contributed by atoms with Gasteiger partial charge in [-0.15, -0.1) is 11.3 Å². The summed E-state index contributed by atoms with van der Waals surface area (Å²) in [5.74, 6) is 0.250. The average molecular weight is 261 g/mol. The van der Waals surface area contributed by atoms with E-state index in [1.165, 1.54) is 23.7 Å². The number of fused-ring (bicyclic) bond motifs is 1. The van der Waals surface area contributed by atoms with Crippen molar-refractivity contribution in [3.05, 3.63) is 41.7 Å². The molecule has 7 heteroatoms. The van der Waals surface area contributed by atoms with E-state index in [1.807, 2.05) is 0 Å². The summed E-state index contributed by atoms with van der Waals surface area (Å²) in [6.07, 6.45) is 3.01. The quantitative estimate of drug-likeness (QED) is 0.783. The van der Waals surface area contributed by atoms with Crippen LogP contribution in [-0.4, -0.2) is 19.9 Å². The molecule has 0 radical (unpaired) electrons. The topological polar surface area (TPSA) is 63.6 Å². The Bertz CT molecular complexity index is 684. The Hall–Kier alpha value is -2.15. The molecule has 3 aromatic heterocycles. The van der Waals surface area contributed by atoms with Gasteiger partial charge in [0.2, 0.25) is 0 Å². The predicted octanol–water partition coefficient (Wildman–Crippen LogP) is 2.23. The van der Waals surface area contributed by atoms with Crippen molar-refractivity contribution >= 4 is 27.5 Å². The van der Waals surface area contributed by atoms with Gasteiger partial charge in [0.05, 0.1) is 17.7 Å². The molecular weight excluding hydrogens is 253 g/mol. The van der Waals surface area contributed by atoms with E-state index in [-0.39, 0.29) is 12.4 Å². The zero-order valence-electron chi connectivity index (χ0n) is 9.17. The van der Waals surface area contributed by atoms with E-state index >= 15 is 0 Å². The molecule has 0 aliphatic heterocycles. The molecule has 0 aliphatic rings. The zero-order valence-corrected chi connectivity index (χ0v) is 9.99. The van der Waals surface area contributed by atoms with Crippen molar-refractivity contribution in [1.29, 1.82) is 0 Å². The Kier molecular flexibility index (Phi) is 2.81. The number of nitrogens with zero attached hydrogens (tertiary/aromatic N) is 4. The lowest BCUT2D eigenvalue weighted by Gasteiger charge is -2.05. The van der Waals surface area contributed by atoms with Crippen LogP contribution < -0.4 is 5.32 Å². The van der Waals surface area contributed by atoms with Gasteiger partial charge in [0.15, 0.2) is 5.82 Å². The third kappa shape index (κ3) is 2.00. The molecule has 0 saturated carbocycles. The molecule has 3 heterocycles. The summed E-state index contributed by atoms with van der Waals surface area (Å²) in [6.45, 7) is 0.260. The van der Waals surface area contributed by atoms with Gasteiger partial charge in [-0.2, -0.15) is 0 Å². The maximum Gasteiger partial charge on any atom is 0.157 e. The average Bonchev–Trinajstić information content (AvgIpc) is 2.86. The van der Waals surface area contributed by atoms with E-state index in [9.17, 15) is 4.39 Å². The van der Waals surface area contributed by atoms with E-state index in [4.69, 9.17) is 0 Å². The second-order valence-electron chi connectivity index (χ2n) is 3.51. The fourth-order valence-electron chi connectivity index (χ4n) is 1.54. The molecule has 0 unspecified atom stereocenters. The van der Waals surface area contributed by atoms with Crippen molar-refractivity contribution in [2.75, 3.05) is 5.32 Å². The summed E-state index contributed by atoms with van der Waals surface area (Å²) < 4.78 is 13.4. The molecule has 0 aliphatic carbocycles. The number of rotatable bonds is 3. The first kappa shape index (κ1) is 11.0. The van der Waals surface area contributed by atoms with Crippen molar-refractivity contribution < 1.29 is 4.39 Å². The second kappa shape index (κ2) is 4.61. The van der Waals surface area contributed by atoms with Crippen LogP contribution in [0.1, 0.15) is 5.69 Å². The molecule has 3 rings (SSSR count). The first-order valence-corrected chi connectivity index (χ1v) is 6.10. The number of hydrogen-bond acceptors (Lipinski definition) is 6. The fourth-order valence-corrected chi connectivity index (χ4v) is 2.17. The van der Waals surface area contributed by atoms with Gasteiger partial charge in [0, 0.05) is 6.20 Å². The number of halogens is 1. The minimum Gasteiger partial charge on any atom is -0.362 e. The number of aromatic nitrogens is 4. The maximum absolute atomic E-state index is 13.4. The van der Waals surface area contributed by atoms with Gasteiger partial charge in [0.25, 0.3) is 0 Å². The highest BCUT2D eigenvalue weighted by molar-refractivity contribution is 7.16.